The lowest BCUT2D eigenvalue weighted by molar-refractivity contribution is -0.127. The summed E-state index contributed by atoms with van der Waals surface area (Å²) in [4.78, 5) is 11.6. The molecule has 0 spiro atoms. The van der Waals surface area contributed by atoms with Gasteiger partial charge in [-0.15, -0.1) is 0 Å². The quantitative estimate of drug-likeness (QED) is 0.588. The van der Waals surface area contributed by atoms with Crippen molar-refractivity contribution in [3.8, 4) is 6.07 Å². The van der Waals surface area contributed by atoms with E-state index in [4.69, 9.17) is 10.00 Å². The highest BCUT2D eigenvalue weighted by Crippen LogP contribution is 2.34. The van der Waals surface area contributed by atoms with Crippen LogP contribution in [0.1, 0.15) is 19.3 Å². The van der Waals surface area contributed by atoms with Crippen LogP contribution in [-0.2, 0) is 9.53 Å². The molecular formula is C10H10FNO2. The number of alkyl halides is 1. The predicted molar refractivity (Wildman–Crippen MR) is 45.8 cm³/mol. The first-order valence-corrected chi connectivity index (χ1v) is 4.66. The van der Waals surface area contributed by atoms with Crippen molar-refractivity contribution in [1.29, 1.82) is 5.26 Å². The highest BCUT2D eigenvalue weighted by Gasteiger charge is 2.40. The summed E-state index contributed by atoms with van der Waals surface area (Å²) in [7, 11) is 0. The molecule has 1 aliphatic heterocycles. The second kappa shape index (κ2) is 3.41. The smallest absolute Gasteiger partial charge is 0.183 e. The molecule has 1 fully saturated rings. The number of carbonyl (C=O) groups excluding carboxylic acids is 1. The normalized spacial score (nSPS) is 36.4. The summed E-state index contributed by atoms with van der Waals surface area (Å²) in [5, 5.41) is 8.61. The van der Waals surface area contributed by atoms with Crippen LogP contribution in [-0.4, -0.2) is 18.1 Å². The first-order chi connectivity index (χ1) is 6.72. The lowest BCUT2D eigenvalue weighted by Gasteiger charge is -2.33. The average Bonchev–Trinajstić information content (AvgIpc) is 2.18. The van der Waals surface area contributed by atoms with Gasteiger partial charge in [-0.1, -0.05) is 0 Å². The molecule has 1 aliphatic carbocycles. The number of carbonyl (C=O) groups is 1. The first-order valence-electron chi connectivity index (χ1n) is 4.66. The second-order valence-electron chi connectivity index (χ2n) is 3.70. The molecule has 0 amide bonds. The third-order valence-corrected chi connectivity index (χ3v) is 2.81. The molecule has 1 saturated carbocycles. The Hall–Kier alpha value is -1.37. The van der Waals surface area contributed by atoms with Crippen LogP contribution >= 0.6 is 0 Å². The van der Waals surface area contributed by atoms with Gasteiger partial charge in [-0.05, 0) is 12.8 Å². The number of nitriles is 1. The number of ketones is 1. The number of ether oxygens (including phenoxy) is 1. The molecule has 0 aromatic carbocycles. The fourth-order valence-electron chi connectivity index (χ4n) is 2.03. The summed E-state index contributed by atoms with van der Waals surface area (Å²) in [5.41, 5.74) is 0.0589. The number of hydrogen-bond donors (Lipinski definition) is 0. The molecule has 0 aromatic rings. The molecular weight excluding hydrogens is 185 g/mol. The zero-order valence-electron chi connectivity index (χ0n) is 7.57. The zero-order valence-corrected chi connectivity index (χ0v) is 7.57. The number of rotatable bonds is 0. The molecule has 14 heavy (non-hydrogen) atoms. The Labute approximate surface area is 81.2 Å². The van der Waals surface area contributed by atoms with Crippen LogP contribution in [0.4, 0.5) is 4.39 Å². The Morgan fingerprint density at radius 3 is 3.07 bits per heavy atom. The molecule has 0 radical (unpaired) electrons. The molecule has 0 aromatic heterocycles. The average molecular weight is 195 g/mol. The van der Waals surface area contributed by atoms with Gasteiger partial charge in [0.25, 0.3) is 0 Å². The van der Waals surface area contributed by atoms with Gasteiger partial charge in [0.15, 0.2) is 5.78 Å². The standard InChI is InChI=1S/C10H10FNO2/c11-7-1-2-8-9(3-7)14-5-6(4-12)10(8)13/h5,7-9H,1-3H2. The third kappa shape index (κ3) is 1.39. The van der Waals surface area contributed by atoms with Crippen molar-refractivity contribution in [2.75, 3.05) is 0 Å². The van der Waals surface area contributed by atoms with E-state index in [1.165, 1.54) is 6.26 Å². The van der Waals surface area contributed by atoms with Crippen LogP contribution in [0.25, 0.3) is 0 Å². The predicted octanol–water partition coefficient (Wildman–Crippen LogP) is 1.50. The Balaban J connectivity index is 2.19. The van der Waals surface area contributed by atoms with Gasteiger partial charge in [-0.2, -0.15) is 5.26 Å². The number of hydrogen-bond acceptors (Lipinski definition) is 3. The second-order valence-corrected chi connectivity index (χ2v) is 3.70. The van der Waals surface area contributed by atoms with Gasteiger partial charge in [-0.25, -0.2) is 4.39 Å². The minimum absolute atomic E-state index is 0.0589. The number of halogens is 1. The molecule has 0 saturated heterocycles. The van der Waals surface area contributed by atoms with Gasteiger partial charge in [0.05, 0.1) is 5.92 Å². The van der Waals surface area contributed by atoms with Gasteiger partial charge < -0.3 is 4.74 Å². The SMILES string of the molecule is N#CC1=COC2CC(F)CCC2C1=O. The van der Waals surface area contributed by atoms with Crippen LogP contribution < -0.4 is 0 Å². The van der Waals surface area contributed by atoms with E-state index < -0.39 is 6.17 Å². The van der Waals surface area contributed by atoms with Crippen LogP contribution in [0.3, 0.4) is 0 Å². The molecule has 3 atom stereocenters. The lowest BCUT2D eigenvalue weighted by atomic mass is 9.80. The minimum atomic E-state index is -0.874. The number of fused-ring (bicyclic) bond motifs is 1. The van der Waals surface area contributed by atoms with Crippen molar-refractivity contribution in [2.45, 2.75) is 31.5 Å². The summed E-state index contributed by atoms with van der Waals surface area (Å²) in [5.74, 6) is -0.489. The Kier molecular flexibility index (Phi) is 2.24. The monoisotopic (exact) mass is 195 g/mol. The summed E-state index contributed by atoms with van der Waals surface area (Å²) >= 11 is 0. The fourth-order valence-corrected chi connectivity index (χ4v) is 2.03. The minimum Gasteiger partial charge on any atom is -0.496 e. The maximum atomic E-state index is 13.0. The zero-order chi connectivity index (χ0) is 10.1. The van der Waals surface area contributed by atoms with Crippen molar-refractivity contribution in [3.63, 3.8) is 0 Å². The highest BCUT2D eigenvalue weighted by atomic mass is 19.1. The summed E-state index contributed by atoms with van der Waals surface area (Å²) in [6, 6.07) is 1.79. The molecule has 2 aliphatic rings. The van der Waals surface area contributed by atoms with E-state index in [0.29, 0.717) is 12.8 Å². The molecule has 2 rings (SSSR count). The van der Waals surface area contributed by atoms with Crippen LogP contribution in [0.15, 0.2) is 11.8 Å². The first kappa shape index (κ1) is 9.20. The molecule has 1 heterocycles. The topological polar surface area (TPSA) is 50.1 Å². The maximum Gasteiger partial charge on any atom is 0.183 e. The lowest BCUT2D eigenvalue weighted by Crippen LogP contribution is -2.39. The largest absolute Gasteiger partial charge is 0.496 e. The van der Waals surface area contributed by atoms with Gasteiger partial charge in [0.1, 0.15) is 30.2 Å². The molecule has 74 valence electrons. The summed E-state index contributed by atoms with van der Waals surface area (Å²) in [6.45, 7) is 0. The van der Waals surface area contributed by atoms with Crippen molar-refractivity contribution >= 4 is 5.78 Å². The van der Waals surface area contributed by atoms with Crippen LogP contribution in [0, 0.1) is 17.2 Å². The van der Waals surface area contributed by atoms with Crippen LogP contribution in [0.2, 0.25) is 0 Å². The Bertz CT molecular complexity index is 332. The Morgan fingerprint density at radius 2 is 2.36 bits per heavy atom. The molecule has 0 N–H and O–H groups in total. The van der Waals surface area contributed by atoms with E-state index in [1.54, 1.807) is 6.07 Å². The van der Waals surface area contributed by atoms with Gasteiger partial charge in [0.2, 0.25) is 0 Å². The van der Waals surface area contributed by atoms with E-state index in [2.05, 4.69) is 0 Å². The van der Waals surface area contributed by atoms with E-state index >= 15 is 0 Å². The van der Waals surface area contributed by atoms with E-state index in [0.717, 1.165) is 0 Å². The molecule has 0 bridgehead atoms. The molecule has 3 unspecified atom stereocenters. The number of nitrogens with zero attached hydrogens (tertiary/aromatic N) is 1. The molecule has 3 nitrogen and oxygen atoms in total. The molecule has 4 heteroatoms. The van der Waals surface area contributed by atoms with Crippen LogP contribution in [0.5, 0.6) is 0 Å². The van der Waals surface area contributed by atoms with E-state index in [9.17, 15) is 9.18 Å². The van der Waals surface area contributed by atoms with Gasteiger partial charge in [0, 0.05) is 6.42 Å². The third-order valence-electron chi connectivity index (χ3n) is 2.81. The highest BCUT2D eigenvalue weighted by molar-refractivity contribution is 6.01. The van der Waals surface area contributed by atoms with Gasteiger partial charge in [-0.3, -0.25) is 4.79 Å². The summed E-state index contributed by atoms with van der Waals surface area (Å²) < 4.78 is 18.2. The Morgan fingerprint density at radius 1 is 1.57 bits per heavy atom. The number of Topliss-reactive ketones (excluding diaryl/α,β-unsaturated/α-hetero) is 1. The summed E-state index contributed by atoms with van der Waals surface area (Å²) in [6.07, 6.45) is 1.09. The van der Waals surface area contributed by atoms with Crippen molar-refractivity contribution in [3.05, 3.63) is 11.8 Å². The van der Waals surface area contributed by atoms with Gasteiger partial charge >= 0.3 is 0 Å². The van der Waals surface area contributed by atoms with Crippen molar-refractivity contribution in [1.82, 2.24) is 0 Å². The number of allylic oxidation sites excluding steroid dienone is 1. The maximum absolute atomic E-state index is 13.0. The van der Waals surface area contributed by atoms with E-state index in [-0.39, 0.29) is 29.8 Å². The van der Waals surface area contributed by atoms with E-state index in [1.807, 2.05) is 0 Å². The van der Waals surface area contributed by atoms with Crippen molar-refractivity contribution in [2.24, 2.45) is 5.92 Å². The fraction of sp³-hybridized carbons (Fsp3) is 0.600. The van der Waals surface area contributed by atoms with Crippen molar-refractivity contribution < 1.29 is 13.9 Å².